The van der Waals surface area contributed by atoms with E-state index in [9.17, 15) is 0 Å². The molecule has 0 N–H and O–H groups in total. The van der Waals surface area contributed by atoms with Crippen LogP contribution in [0.25, 0.3) is 0 Å². The van der Waals surface area contributed by atoms with Gasteiger partial charge in [-0.15, -0.1) is 0 Å². The fraction of sp³-hybridized carbons (Fsp3) is 1.00. The van der Waals surface area contributed by atoms with E-state index in [0.29, 0.717) is 0 Å². The van der Waals surface area contributed by atoms with Crippen molar-refractivity contribution in [1.29, 1.82) is 0 Å². The van der Waals surface area contributed by atoms with Gasteiger partial charge in [0.05, 0.1) is 0 Å². The van der Waals surface area contributed by atoms with Crippen LogP contribution in [0.2, 0.25) is 0 Å². The van der Waals surface area contributed by atoms with Crippen molar-refractivity contribution in [1.82, 2.24) is 3.11 Å². The fourth-order valence-electron chi connectivity index (χ4n) is 2.96. The molecule has 1 saturated heterocycles. The Balaban J connectivity index is 2.05. The van der Waals surface area contributed by atoms with Crippen LogP contribution in [0.1, 0.15) is 39.0 Å². The number of fused-ring (bicyclic) bond motifs is 1. The molecule has 1 saturated carbocycles. The summed E-state index contributed by atoms with van der Waals surface area (Å²) in [5.41, 5.74) is 0. The zero-order chi connectivity index (χ0) is 8.55. The average Bonchev–Trinajstić information content (AvgIpc) is 2.44. The third-order valence-electron chi connectivity index (χ3n) is 3.68. The molecule has 1 heterocycles. The zero-order valence-corrected chi connectivity index (χ0v) is 9.96. The lowest BCUT2D eigenvalue weighted by Gasteiger charge is -2.29. The summed E-state index contributed by atoms with van der Waals surface area (Å²) < 4.78 is 2.58. The van der Waals surface area contributed by atoms with E-state index in [0.717, 1.165) is 17.9 Å². The first kappa shape index (κ1) is 9.25. The highest BCUT2D eigenvalue weighted by molar-refractivity contribution is 14.1. The van der Waals surface area contributed by atoms with Crippen LogP contribution in [0.3, 0.4) is 0 Å². The summed E-state index contributed by atoms with van der Waals surface area (Å²) in [6.45, 7) is 3.71. The van der Waals surface area contributed by atoms with E-state index in [4.69, 9.17) is 0 Å². The highest BCUT2D eigenvalue weighted by atomic mass is 127. The van der Waals surface area contributed by atoms with Crippen molar-refractivity contribution in [3.05, 3.63) is 0 Å². The van der Waals surface area contributed by atoms with Gasteiger partial charge in [0.25, 0.3) is 0 Å². The lowest BCUT2D eigenvalue weighted by Crippen LogP contribution is -2.28. The standard InChI is InChI=1S/C10H18IN/c1-2-8-7-12(11)10-6-4-3-5-9(8)10/h8-10H,2-7H2,1H3/t8-,9+,10-/m0/s1. The molecule has 0 aromatic heterocycles. The molecule has 70 valence electrons. The maximum Gasteiger partial charge on any atom is 0.0225 e. The molecule has 12 heavy (non-hydrogen) atoms. The van der Waals surface area contributed by atoms with E-state index in [2.05, 4.69) is 32.9 Å². The minimum absolute atomic E-state index is 0.935. The maximum absolute atomic E-state index is 2.58. The van der Waals surface area contributed by atoms with Gasteiger partial charge in [0.15, 0.2) is 0 Å². The number of hydrogen-bond donors (Lipinski definition) is 0. The molecule has 2 rings (SSSR count). The van der Waals surface area contributed by atoms with Crippen LogP contribution in [0.15, 0.2) is 0 Å². The average molecular weight is 279 g/mol. The summed E-state index contributed by atoms with van der Waals surface area (Å²) in [4.78, 5) is 0. The van der Waals surface area contributed by atoms with Gasteiger partial charge in [-0.2, -0.15) is 0 Å². The summed E-state index contributed by atoms with van der Waals surface area (Å²) in [6, 6.07) is 0.935. The van der Waals surface area contributed by atoms with Gasteiger partial charge < -0.3 is 0 Å². The molecule has 2 fully saturated rings. The third-order valence-corrected chi connectivity index (χ3v) is 4.79. The number of nitrogens with zero attached hydrogens (tertiary/aromatic N) is 1. The van der Waals surface area contributed by atoms with Crippen molar-refractivity contribution in [2.45, 2.75) is 45.1 Å². The Bertz CT molecular complexity index is 160. The Hall–Kier alpha value is 0.690. The monoisotopic (exact) mass is 279 g/mol. The second-order valence-electron chi connectivity index (χ2n) is 4.27. The second kappa shape index (κ2) is 3.82. The molecule has 3 atom stereocenters. The first-order valence-electron chi connectivity index (χ1n) is 5.25. The Labute approximate surface area is 89.4 Å². The van der Waals surface area contributed by atoms with Gasteiger partial charge in [-0.3, -0.25) is 0 Å². The van der Waals surface area contributed by atoms with E-state index in [1.807, 2.05) is 0 Å². The summed E-state index contributed by atoms with van der Waals surface area (Å²) in [6.07, 6.45) is 7.31. The topological polar surface area (TPSA) is 3.24 Å². The lowest BCUT2D eigenvalue weighted by atomic mass is 9.79. The first-order chi connectivity index (χ1) is 5.83. The van der Waals surface area contributed by atoms with Gasteiger partial charge in [-0.05, 0) is 24.7 Å². The normalized spacial score (nSPS) is 43.0. The highest BCUT2D eigenvalue weighted by Crippen LogP contribution is 2.42. The fourth-order valence-corrected chi connectivity index (χ4v) is 4.16. The number of rotatable bonds is 1. The maximum atomic E-state index is 2.58. The molecule has 2 heteroatoms. The van der Waals surface area contributed by atoms with Crippen molar-refractivity contribution < 1.29 is 0 Å². The molecule has 0 spiro atoms. The van der Waals surface area contributed by atoms with Crippen molar-refractivity contribution in [3.63, 3.8) is 0 Å². The van der Waals surface area contributed by atoms with Crippen LogP contribution in [0.5, 0.6) is 0 Å². The van der Waals surface area contributed by atoms with Crippen LogP contribution in [0, 0.1) is 11.8 Å². The van der Waals surface area contributed by atoms with Gasteiger partial charge in [0.1, 0.15) is 0 Å². The molecule has 0 bridgehead atoms. The van der Waals surface area contributed by atoms with E-state index < -0.39 is 0 Å². The Kier molecular flexibility index (Phi) is 2.95. The number of hydrogen-bond acceptors (Lipinski definition) is 1. The predicted octanol–water partition coefficient (Wildman–Crippen LogP) is 3.24. The van der Waals surface area contributed by atoms with Gasteiger partial charge >= 0.3 is 0 Å². The largest absolute Gasteiger partial charge is 0.244 e. The molecule has 1 aliphatic carbocycles. The molecule has 1 nitrogen and oxygen atoms in total. The van der Waals surface area contributed by atoms with E-state index in [1.165, 1.54) is 38.6 Å². The summed E-state index contributed by atoms with van der Waals surface area (Å²) in [7, 11) is 0. The van der Waals surface area contributed by atoms with Crippen molar-refractivity contribution in [2.75, 3.05) is 6.54 Å². The molecule has 1 aliphatic heterocycles. The smallest absolute Gasteiger partial charge is 0.0225 e. The van der Waals surface area contributed by atoms with Gasteiger partial charge in [-0.25, -0.2) is 3.11 Å². The molecule has 0 radical (unpaired) electrons. The molecule has 0 amide bonds. The summed E-state index contributed by atoms with van der Waals surface area (Å²) in [5, 5.41) is 0. The first-order valence-corrected chi connectivity index (χ1v) is 6.22. The molecule has 2 aliphatic rings. The van der Waals surface area contributed by atoms with Gasteiger partial charge in [-0.1, -0.05) is 26.2 Å². The highest BCUT2D eigenvalue weighted by Gasteiger charge is 2.40. The van der Waals surface area contributed by atoms with Crippen molar-refractivity contribution >= 4 is 22.9 Å². The SMILES string of the molecule is CC[C@H]1CN(I)[C@H]2CCCC[C@H]12. The minimum atomic E-state index is 0.935. The molecule has 0 unspecified atom stereocenters. The predicted molar refractivity (Wildman–Crippen MR) is 60.3 cm³/mol. The molecule has 0 aromatic carbocycles. The third kappa shape index (κ3) is 1.52. The Morgan fingerprint density at radius 1 is 1.33 bits per heavy atom. The van der Waals surface area contributed by atoms with E-state index in [-0.39, 0.29) is 0 Å². The van der Waals surface area contributed by atoms with Gasteiger partial charge in [0, 0.05) is 35.5 Å². The van der Waals surface area contributed by atoms with Crippen LogP contribution >= 0.6 is 22.9 Å². The Morgan fingerprint density at radius 3 is 2.83 bits per heavy atom. The molecular weight excluding hydrogens is 261 g/mol. The van der Waals surface area contributed by atoms with Crippen LogP contribution in [0.4, 0.5) is 0 Å². The van der Waals surface area contributed by atoms with Crippen LogP contribution in [-0.4, -0.2) is 15.7 Å². The van der Waals surface area contributed by atoms with Crippen LogP contribution < -0.4 is 0 Å². The quantitative estimate of drug-likeness (QED) is 0.526. The minimum Gasteiger partial charge on any atom is -0.244 e. The van der Waals surface area contributed by atoms with E-state index >= 15 is 0 Å². The molecular formula is C10H18IN. The van der Waals surface area contributed by atoms with Crippen LogP contribution in [-0.2, 0) is 0 Å². The number of halogens is 1. The zero-order valence-electron chi connectivity index (χ0n) is 7.80. The lowest BCUT2D eigenvalue weighted by molar-refractivity contribution is 0.251. The van der Waals surface area contributed by atoms with E-state index in [1.54, 1.807) is 0 Å². The Morgan fingerprint density at radius 2 is 2.08 bits per heavy atom. The molecule has 0 aromatic rings. The second-order valence-corrected chi connectivity index (χ2v) is 5.51. The van der Waals surface area contributed by atoms with Crippen molar-refractivity contribution in [2.24, 2.45) is 11.8 Å². The van der Waals surface area contributed by atoms with Crippen molar-refractivity contribution in [3.8, 4) is 0 Å². The summed E-state index contributed by atoms with van der Waals surface area (Å²) in [5.74, 6) is 2.05. The van der Waals surface area contributed by atoms with Gasteiger partial charge in [0.2, 0.25) is 0 Å². The summed E-state index contributed by atoms with van der Waals surface area (Å²) >= 11 is 2.54.